The van der Waals surface area contributed by atoms with Gasteiger partial charge in [-0.25, -0.2) is 0 Å². The minimum Gasteiger partial charge on any atom is -0.0990 e. The van der Waals surface area contributed by atoms with Crippen LogP contribution in [0.2, 0.25) is 0 Å². The maximum Gasteiger partial charge on any atom is 0.0159 e. The molecule has 0 fully saturated rings. The third kappa shape index (κ3) is 5.75. The Hall–Kier alpha value is -7.28. The standard InChI is InChI=1S/C59H42/c1-4-12-38(19-27-48-35-49-28-22-41-21-20-40-15-8-9-17-51(40)57(41)58(49)54-18-11-10-16-50(48)54)42-23-24-44-34-45(26-25-43(44)33-42)47-30-32-53-52-31-29-46(39-13-6-5-7-14-39)36-55(52)59(2,3)56(53)37-47/h4-37H,1H2,2-3H3/b27-19+,38-12+. The Morgan fingerprint density at radius 2 is 1.00 bits per heavy atom. The number of allylic oxidation sites excluding steroid dienone is 4. The zero-order valence-electron chi connectivity index (χ0n) is 33.3. The maximum absolute atomic E-state index is 4.09. The molecular formula is C59H42. The van der Waals surface area contributed by atoms with Crippen molar-refractivity contribution in [1.82, 2.24) is 0 Å². The molecule has 0 heteroatoms. The largest absolute Gasteiger partial charge is 0.0990 e. The first-order valence-electron chi connectivity index (χ1n) is 20.6. The highest BCUT2D eigenvalue weighted by atomic mass is 14.4. The maximum atomic E-state index is 4.09. The molecule has 0 aliphatic heterocycles. The van der Waals surface area contributed by atoms with Crippen LogP contribution >= 0.6 is 0 Å². The van der Waals surface area contributed by atoms with Crippen LogP contribution in [0, 0.1) is 0 Å². The molecule has 0 bridgehead atoms. The van der Waals surface area contributed by atoms with Crippen molar-refractivity contribution in [2.75, 3.05) is 0 Å². The summed E-state index contributed by atoms with van der Waals surface area (Å²) < 4.78 is 0. The quantitative estimate of drug-likeness (QED) is 0.117. The number of rotatable bonds is 6. The molecule has 10 aromatic rings. The van der Waals surface area contributed by atoms with E-state index in [1.807, 2.05) is 6.08 Å². The Morgan fingerprint density at radius 1 is 0.441 bits per heavy atom. The minimum absolute atomic E-state index is 0.0962. The van der Waals surface area contributed by atoms with Gasteiger partial charge in [0, 0.05) is 5.41 Å². The lowest BCUT2D eigenvalue weighted by molar-refractivity contribution is 0.661. The van der Waals surface area contributed by atoms with E-state index < -0.39 is 0 Å². The fourth-order valence-corrected chi connectivity index (χ4v) is 9.75. The zero-order chi connectivity index (χ0) is 39.7. The normalized spacial score (nSPS) is 13.5. The van der Waals surface area contributed by atoms with Crippen LogP contribution in [0.25, 0.3) is 98.9 Å². The van der Waals surface area contributed by atoms with Crippen molar-refractivity contribution in [1.29, 1.82) is 0 Å². The topological polar surface area (TPSA) is 0 Å². The smallest absolute Gasteiger partial charge is 0.0159 e. The number of hydrogen-bond acceptors (Lipinski definition) is 0. The molecule has 0 spiro atoms. The van der Waals surface area contributed by atoms with E-state index in [1.165, 1.54) is 104 Å². The molecule has 59 heavy (non-hydrogen) atoms. The second-order valence-corrected chi connectivity index (χ2v) is 16.5. The molecule has 0 aromatic heterocycles. The van der Waals surface area contributed by atoms with E-state index in [4.69, 9.17) is 0 Å². The van der Waals surface area contributed by atoms with Crippen molar-refractivity contribution >= 4 is 65.5 Å². The summed E-state index contributed by atoms with van der Waals surface area (Å²) in [5.41, 5.74) is 13.9. The van der Waals surface area contributed by atoms with E-state index in [0.29, 0.717) is 0 Å². The van der Waals surface area contributed by atoms with Gasteiger partial charge in [-0.2, -0.15) is 0 Å². The van der Waals surface area contributed by atoms with Gasteiger partial charge < -0.3 is 0 Å². The van der Waals surface area contributed by atoms with Gasteiger partial charge in [0.1, 0.15) is 0 Å². The molecule has 10 aromatic carbocycles. The lowest BCUT2D eigenvalue weighted by Gasteiger charge is -2.22. The van der Waals surface area contributed by atoms with Gasteiger partial charge in [-0.1, -0.05) is 196 Å². The fourth-order valence-electron chi connectivity index (χ4n) is 9.75. The molecule has 0 amide bonds. The van der Waals surface area contributed by atoms with Crippen molar-refractivity contribution in [3.05, 3.63) is 229 Å². The molecule has 11 rings (SSSR count). The highest BCUT2D eigenvalue weighted by Crippen LogP contribution is 2.51. The van der Waals surface area contributed by atoms with Crippen LogP contribution in [-0.4, -0.2) is 0 Å². The molecule has 0 nitrogen and oxygen atoms in total. The monoisotopic (exact) mass is 750 g/mol. The molecule has 0 unspecified atom stereocenters. The van der Waals surface area contributed by atoms with Crippen LogP contribution in [0.4, 0.5) is 0 Å². The van der Waals surface area contributed by atoms with Gasteiger partial charge in [-0.3, -0.25) is 0 Å². The SMILES string of the molecule is C=C/C=C(\C=C\c1cc2ccc3ccc4ccccc4c3c2c2ccccc12)c1ccc2cc(-c3ccc4c(c3)C(C)(C)c3cc(-c5ccccc5)ccc3-4)ccc2c1. The van der Waals surface area contributed by atoms with Crippen LogP contribution < -0.4 is 0 Å². The van der Waals surface area contributed by atoms with Crippen LogP contribution in [0.3, 0.4) is 0 Å². The first-order valence-corrected chi connectivity index (χ1v) is 20.6. The minimum atomic E-state index is -0.0962. The summed E-state index contributed by atoms with van der Waals surface area (Å²) in [5, 5.41) is 12.7. The Morgan fingerprint density at radius 3 is 1.76 bits per heavy atom. The molecule has 0 saturated carbocycles. The lowest BCUT2D eigenvalue weighted by Crippen LogP contribution is -2.15. The molecule has 0 heterocycles. The predicted octanol–water partition coefficient (Wildman–Crippen LogP) is 16.4. The second-order valence-electron chi connectivity index (χ2n) is 16.5. The highest BCUT2D eigenvalue weighted by molar-refractivity contribution is 6.28. The summed E-state index contributed by atoms with van der Waals surface area (Å²) in [4.78, 5) is 0. The Labute approximate surface area is 345 Å². The van der Waals surface area contributed by atoms with E-state index in [1.54, 1.807) is 0 Å². The summed E-state index contributed by atoms with van der Waals surface area (Å²) in [6.45, 7) is 8.82. The summed E-state index contributed by atoms with van der Waals surface area (Å²) in [7, 11) is 0. The third-order valence-electron chi connectivity index (χ3n) is 12.8. The van der Waals surface area contributed by atoms with Crippen molar-refractivity contribution in [3.63, 3.8) is 0 Å². The third-order valence-corrected chi connectivity index (χ3v) is 12.8. The van der Waals surface area contributed by atoms with Gasteiger partial charge in [0.25, 0.3) is 0 Å². The molecular weight excluding hydrogens is 709 g/mol. The Bertz CT molecular complexity index is 3410. The van der Waals surface area contributed by atoms with Crippen LogP contribution in [0.5, 0.6) is 0 Å². The lowest BCUT2D eigenvalue weighted by atomic mass is 9.81. The van der Waals surface area contributed by atoms with Gasteiger partial charge in [0.15, 0.2) is 0 Å². The summed E-state index contributed by atoms with van der Waals surface area (Å²) >= 11 is 0. The van der Waals surface area contributed by atoms with Gasteiger partial charge in [0.2, 0.25) is 0 Å². The van der Waals surface area contributed by atoms with E-state index in [2.05, 4.69) is 221 Å². The Kier molecular flexibility index (Phi) is 8.10. The summed E-state index contributed by atoms with van der Waals surface area (Å²) in [5.74, 6) is 0. The molecule has 0 N–H and O–H groups in total. The average Bonchev–Trinajstić information content (AvgIpc) is 3.51. The van der Waals surface area contributed by atoms with E-state index in [9.17, 15) is 0 Å². The van der Waals surface area contributed by atoms with Gasteiger partial charge in [-0.05, 0) is 145 Å². The van der Waals surface area contributed by atoms with Crippen LogP contribution in [-0.2, 0) is 5.41 Å². The average molecular weight is 751 g/mol. The molecule has 1 aliphatic carbocycles. The van der Waals surface area contributed by atoms with Crippen LogP contribution in [0.15, 0.2) is 207 Å². The van der Waals surface area contributed by atoms with Crippen molar-refractivity contribution in [2.24, 2.45) is 0 Å². The Balaban J connectivity index is 0.925. The predicted molar refractivity (Wildman–Crippen MR) is 256 cm³/mol. The van der Waals surface area contributed by atoms with Gasteiger partial charge in [0.05, 0.1) is 0 Å². The second kappa shape index (κ2) is 13.7. The van der Waals surface area contributed by atoms with Crippen LogP contribution in [0.1, 0.15) is 36.1 Å². The summed E-state index contributed by atoms with van der Waals surface area (Å²) in [6, 6.07) is 67.4. The van der Waals surface area contributed by atoms with E-state index in [0.717, 1.165) is 11.1 Å². The first-order chi connectivity index (χ1) is 28.9. The van der Waals surface area contributed by atoms with E-state index in [-0.39, 0.29) is 5.41 Å². The summed E-state index contributed by atoms with van der Waals surface area (Å²) in [6.07, 6.45) is 8.52. The zero-order valence-corrected chi connectivity index (χ0v) is 33.3. The van der Waals surface area contributed by atoms with Gasteiger partial charge >= 0.3 is 0 Å². The number of fused-ring (bicyclic) bond motifs is 11. The van der Waals surface area contributed by atoms with E-state index >= 15 is 0 Å². The first kappa shape index (κ1) is 34.9. The molecule has 278 valence electrons. The molecule has 0 saturated heterocycles. The van der Waals surface area contributed by atoms with Crippen molar-refractivity contribution < 1.29 is 0 Å². The highest BCUT2D eigenvalue weighted by Gasteiger charge is 2.36. The molecule has 0 radical (unpaired) electrons. The fraction of sp³-hybridized carbons (Fsp3) is 0.0508. The number of hydrogen-bond donors (Lipinski definition) is 0. The number of benzene rings is 10. The van der Waals surface area contributed by atoms with Crippen molar-refractivity contribution in [2.45, 2.75) is 19.3 Å². The van der Waals surface area contributed by atoms with Crippen molar-refractivity contribution in [3.8, 4) is 33.4 Å². The molecule has 1 aliphatic rings. The molecule has 0 atom stereocenters. The van der Waals surface area contributed by atoms with Gasteiger partial charge in [-0.15, -0.1) is 0 Å².